The van der Waals surface area contributed by atoms with E-state index in [-0.39, 0.29) is 16.2 Å². The van der Waals surface area contributed by atoms with Gasteiger partial charge in [-0.05, 0) is 81.5 Å². The molecule has 47 heavy (non-hydrogen) atoms. The number of benzene rings is 5. The monoisotopic (exact) mass is 628 g/mol. The maximum Gasteiger partial charge on any atom is 0.109 e. The first-order chi connectivity index (χ1) is 22.2. The van der Waals surface area contributed by atoms with E-state index in [4.69, 9.17) is 0 Å². The minimum absolute atomic E-state index is 0.0193. The molecule has 232 valence electrons. The van der Waals surface area contributed by atoms with Crippen molar-refractivity contribution in [2.75, 3.05) is 0 Å². The number of nitrogens with zero attached hydrogens (tertiary/aromatic N) is 2. The molecule has 0 N–H and O–H groups in total. The molecule has 0 amide bonds. The van der Waals surface area contributed by atoms with Crippen molar-refractivity contribution in [2.45, 2.75) is 78.6 Å². The van der Waals surface area contributed by atoms with Crippen molar-refractivity contribution < 1.29 is 0 Å². The molecule has 5 heterocycles. The number of rotatable bonds is 0. The Kier molecular flexibility index (Phi) is 4.95. The first-order valence-corrected chi connectivity index (χ1v) is 17.9. The van der Waals surface area contributed by atoms with E-state index in [1.807, 2.05) is 11.3 Å². The Hall–Kier alpha value is -4.34. The van der Waals surface area contributed by atoms with Gasteiger partial charge in [-0.3, -0.25) is 4.40 Å². The highest BCUT2D eigenvalue weighted by atomic mass is 32.1. The van der Waals surface area contributed by atoms with Gasteiger partial charge in [0.25, 0.3) is 0 Å². The van der Waals surface area contributed by atoms with E-state index in [2.05, 4.69) is 150 Å². The van der Waals surface area contributed by atoms with Crippen molar-refractivity contribution in [3.63, 3.8) is 0 Å². The second-order valence-corrected chi connectivity index (χ2v) is 18.2. The Labute approximate surface area is 278 Å². The third-order valence-corrected chi connectivity index (χ3v) is 12.2. The van der Waals surface area contributed by atoms with Gasteiger partial charge in [0.05, 0.1) is 27.6 Å². The fourth-order valence-corrected chi connectivity index (χ4v) is 9.67. The van der Waals surface area contributed by atoms with Crippen LogP contribution in [0.2, 0.25) is 0 Å². The molecule has 2 nitrogen and oxygen atoms in total. The molecule has 0 atom stereocenters. The normalized spacial score (nSPS) is 14.1. The van der Waals surface area contributed by atoms with Crippen molar-refractivity contribution in [3.8, 4) is 0 Å². The molecular weight excluding hydrogens is 589 g/mol. The van der Waals surface area contributed by atoms with Crippen LogP contribution in [0.3, 0.4) is 0 Å². The standard InChI is InChI=1S/C44H40N2S/c1-42(2,3)23-14-16-33-28(18-23)30-20-25(44(7,8)9)22-32-37-34(45(33)38(30)32)17-15-26-29-19-24(43(4,5)6)21-31-36-27-12-10-11-13-35(27)47-41(36)46(39(29)31)40(26)37/h10-22H,1-9H3. The molecule has 5 aromatic carbocycles. The Morgan fingerprint density at radius 1 is 0.426 bits per heavy atom. The van der Waals surface area contributed by atoms with Gasteiger partial charge >= 0.3 is 0 Å². The van der Waals surface area contributed by atoms with E-state index in [1.54, 1.807) is 0 Å². The lowest BCUT2D eigenvalue weighted by Gasteiger charge is -2.20. The molecule has 0 saturated heterocycles. The summed E-state index contributed by atoms with van der Waals surface area (Å²) < 4.78 is 6.57. The van der Waals surface area contributed by atoms with Crippen LogP contribution in [0.4, 0.5) is 0 Å². The molecule has 10 rings (SSSR count). The Morgan fingerprint density at radius 3 is 1.66 bits per heavy atom. The van der Waals surface area contributed by atoms with Gasteiger partial charge in [-0.2, -0.15) is 0 Å². The van der Waals surface area contributed by atoms with Crippen LogP contribution in [0.15, 0.2) is 78.9 Å². The third-order valence-electron chi connectivity index (χ3n) is 11.0. The molecule has 0 aliphatic rings. The Balaban J connectivity index is 1.50. The zero-order chi connectivity index (χ0) is 32.5. The summed E-state index contributed by atoms with van der Waals surface area (Å²) in [5.74, 6) is 0. The fraction of sp³-hybridized carbons (Fsp3) is 0.273. The van der Waals surface area contributed by atoms with Crippen molar-refractivity contribution >= 4 is 96.9 Å². The van der Waals surface area contributed by atoms with Crippen LogP contribution in [0, 0.1) is 0 Å². The van der Waals surface area contributed by atoms with Gasteiger partial charge in [0.1, 0.15) is 4.83 Å². The molecule has 10 aromatic rings. The molecule has 0 spiro atoms. The van der Waals surface area contributed by atoms with Gasteiger partial charge in [-0.25, -0.2) is 0 Å². The quantitative estimate of drug-likeness (QED) is 0.158. The van der Waals surface area contributed by atoms with Crippen LogP contribution in [0.1, 0.15) is 79.0 Å². The Bertz CT molecular complexity index is 2940. The lowest BCUT2D eigenvalue weighted by atomic mass is 9.84. The highest BCUT2D eigenvalue weighted by Gasteiger charge is 2.29. The highest BCUT2D eigenvalue weighted by molar-refractivity contribution is 7.25. The lowest BCUT2D eigenvalue weighted by molar-refractivity contribution is 0.590. The summed E-state index contributed by atoms with van der Waals surface area (Å²) in [7, 11) is 0. The third kappa shape index (κ3) is 3.41. The van der Waals surface area contributed by atoms with Crippen molar-refractivity contribution in [2.24, 2.45) is 0 Å². The summed E-state index contributed by atoms with van der Waals surface area (Å²) >= 11 is 1.94. The molecular formula is C44H40N2S. The average molecular weight is 629 g/mol. The highest BCUT2D eigenvalue weighted by Crippen LogP contribution is 2.51. The molecule has 0 saturated carbocycles. The van der Waals surface area contributed by atoms with Crippen LogP contribution in [-0.2, 0) is 16.2 Å². The van der Waals surface area contributed by atoms with Crippen LogP contribution < -0.4 is 0 Å². The molecule has 0 aliphatic heterocycles. The molecule has 0 aliphatic carbocycles. The van der Waals surface area contributed by atoms with E-state index in [9.17, 15) is 0 Å². The zero-order valence-corrected chi connectivity index (χ0v) is 29.6. The van der Waals surface area contributed by atoms with Gasteiger partial charge < -0.3 is 4.40 Å². The predicted molar refractivity (Wildman–Crippen MR) is 207 cm³/mol. The van der Waals surface area contributed by atoms with Crippen LogP contribution in [0.5, 0.6) is 0 Å². The van der Waals surface area contributed by atoms with E-state index >= 15 is 0 Å². The summed E-state index contributed by atoms with van der Waals surface area (Å²) in [5, 5.41) is 12.4. The van der Waals surface area contributed by atoms with Gasteiger partial charge in [0, 0.05) is 53.2 Å². The smallest absolute Gasteiger partial charge is 0.109 e. The zero-order valence-electron chi connectivity index (χ0n) is 28.8. The number of hydrogen-bond donors (Lipinski definition) is 0. The molecule has 0 radical (unpaired) electrons. The van der Waals surface area contributed by atoms with Crippen molar-refractivity contribution in [1.82, 2.24) is 8.80 Å². The largest absolute Gasteiger partial charge is 0.308 e. The summed E-state index contributed by atoms with van der Waals surface area (Å²) in [4.78, 5) is 1.36. The van der Waals surface area contributed by atoms with Crippen molar-refractivity contribution in [1.29, 1.82) is 0 Å². The summed E-state index contributed by atoms with van der Waals surface area (Å²) in [5.41, 5.74) is 11.0. The average Bonchev–Trinajstić information content (AvgIpc) is 3.78. The van der Waals surface area contributed by atoms with Gasteiger partial charge in [-0.15, -0.1) is 11.3 Å². The second kappa shape index (κ2) is 8.38. The lowest BCUT2D eigenvalue weighted by Crippen LogP contribution is -2.11. The van der Waals surface area contributed by atoms with E-state index < -0.39 is 0 Å². The van der Waals surface area contributed by atoms with Crippen LogP contribution >= 0.6 is 11.3 Å². The molecule has 0 unspecified atom stereocenters. The van der Waals surface area contributed by atoms with Crippen LogP contribution in [-0.4, -0.2) is 8.80 Å². The Morgan fingerprint density at radius 2 is 0.979 bits per heavy atom. The minimum Gasteiger partial charge on any atom is -0.308 e. The van der Waals surface area contributed by atoms with E-state index in [1.165, 1.54) is 102 Å². The number of thiophene rings is 1. The predicted octanol–water partition coefficient (Wildman–Crippen LogP) is 13.1. The molecule has 3 heteroatoms. The maximum atomic E-state index is 2.65. The number of hydrogen-bond acceptors (Lipinski definition) is 1. The molecule has 5 aromatic heterocycles. The molecule has 0 bridgehead atoms. The van der Waals surface area contributed by atoms with E-state index in [0.717, 1.165) is 0 Å². The van der Waals surface area contributed by atoms with Gasteiger partial charge in [-0.1, -0.05) is 92.6 Å². The SMILES string of the molecule is CC(C)(C)c1ccc2c(c1)c1cc(C(C)(C)C)cc3c4c(ccc5c6cc(C(C)(C)C)cc7c8c9ccccc9sc8n(c67)c54)n2c13. The summed E-state index contributed by atoms with van der Waals surface area (Å²) in [6.07, 6.45) is 0. The van der Waals surface area contributed by atoms with Gasteiger partial charge in [0.15, 0.2) is 0 Å². The van der Waals surface area contributed by atoms with Crippen LogP contribution in [0.25, 0.3) is 85.6 Å². The van der Waals surface area contributed by atoms with Gasteiger partial charge in [0.2, 0.25) is 0 Å². The number of fused-ring (bicyclic) bond motifs is 15. The summed E-state index contributed by atoms with van der Waals surface area (Å²) in [6.45, 7) is 21.0. The van der Waals surface area contributed by atoms with Crippen molar-refractivity contribution in [3.05, 3.63) is 95.6 Å². The topological polar surface area (TPSA) is 8.82 Å². The maximum absolute atomic E-state index is 2.65. The molecule has 0 fully saturated rings. The number of aromatic nitrogens is 2. The fourth-order valence-electron chi connectivity index (χ4n) is 8.44. The van der Waals surface area contributed by atoms with E-state index in [0.29, 0.717) is 0 Å². The summed E-state index contributed by atoms with van der Waals surface area (Å²) in [6, 6.07) is 31.0. The minimum atomic E-state index is 0.0193. The first-order valence-electron chi connectivity index (χ1n) is 17.0. The first kappa shape index (κ1) is 27.7. The second-order valence-electron chi connectivity index (χ2n) is 17.1.